The number of aromatic nitrogens is 2. The normalized spacial score (nSPS) is 14.2. The molecular formula is C14H18N6. The van der Waals surface area contributed by atoms with Crippen LogP contribution in [0.4, 0.5) is 23.1 Å². The third-order valence-corrected chi connectivity index (χ3v) is 3.57. The maximum atomic E-state index is 5.41. The fourth-order valence-corrected chi connectivity index (χ4v) is 2.50. The second kappa shape index (κ2) is 4.97. The van der Waals surface area contributed by atoms with Crippen molar-refractivity contribution in [3.8, 4) is 0 Å². The highest BCUT2D eigenvalue weighted by Gasteiger charge is 2.23. The van der Waals surface area contributed by atoms with E-state index in [1.165, 1.54) is 5.69 Å². The Hall–Kier alpha value is -2.34. The molecule has 2 heterocycles. The van der Waals surface area contributed by atoms with E-state index < -0.39 is 0 Å². The van der Waals surface area contributed by atoms with Gasteiger partial charge in [0.2, 0.25) is 5.95 Å². The Kier molecular flexibility index (Phi) is 3.15. The zero-order valence-corrected chi connectivity index (χ0v) is 11.7. The van der Waals surface area contributed by atoms with Gasteiger partial charge in [0, 0.05) is 31.9 Å². The number of aryl methyl sites for hydroxylation is 1. The van der Waals surface area contributed by atoms with Gasteiger partial charge in [-0.1, -0.05) is 12.1 Å². The standard InChI is InChI=1S/C14H18N6/c1-10-9-16-14(18-15)17-13(10)20-8-7-19(2)11-5-3-4-6-12(11)20/h3-6,9H,7-8,15H2,1-2H3,(H,16,17,18). The van der Waals surface area contributed by atoms with Gasteiger partial charge in [0.05, 0.1) is 11.4 Å². The average molecular weight is 270 g/mol. The molecule has 6 nitrogen and oxygen atoms in total. The first-order chi connectivity index (χ1) is 9.70. The molecule has 2 aromatic rings. The number of benzene rings is 1. The minimum Gasteiger partial charge on any atom is -0.371 e. The molecule has 1 aromatic carbocycles. The quantitative estimate of drug-likeness (QED) is 0.639. The van der Waals surface area contributed by atoms with E-state index in [9.17, 15) is 0 Å². The first kappa shape index (κ1) is 12.7. The molecule has 0 saturated heterocycles. The van der Waals surface area contributed by atoms with Crippen molar-refractivity contribution in [1.82, 2.24) is 9.97 Å². The maximum Gasteiger partial charge on any atom is 0.239 e. The van der Waals surface area contributed by atoms with Crippen LogP contribution in [0.5, 0.6) is 0 Å². The Bertz CT molecular complexity index is 627. The van der Waals surface area contributed by atoms with E-state index in [0.29, 0.717) is 5.95 Å². The predicted octanol–water partition coefficient (Wildman–Crippen LogP) is 1.66. The lowest BCUT2D eigenvalue weighted by Gasteiger charge is -2.36. The topological polar surface area (TPSA) is 70.3 Å². The molecule has 0 radical (unpaired) electrons. The number of likely N-dealkylation sites (N-methyl/N-ethyl adjacent to an activating group) is 1. The summed E-state index contributed by atoms with van der Waals surface area (Å²) in [7, 11) is 2.11. The molecule has 0 unspecified atom stereocenters. The van der Waals surface area contributed by atoms with E-state index in [-0.39, 0.29) is 0 Å². The van der Waals surface area contributed by atoms with E-state index in [2.05, 4.69) is 50.4 Å². The van der Waals surface area contributed by atoms with Crippen molar-refractivity contribution in [1.29, 1.82) is 0 Å². The molecule has 0 atom stereocenters. The Morgan fingerprint density at radius 2 is 1.95 bits per heavy atom. The van der Waals surface area contributed by atoms with Crippen molar-refractivity contribution in [3.63, 3.8) is 0 Å². The first-order valence-electron chi connectivity index (χ1n) is 6.58. The zero-order valence-electron chi connectivity index (χ0n) is 11.7. The third kappa shape index (κ3) is 2.04. The molecule has 3 rings (SSSR count). The number of rotatable bonds is 2. The number of nitrogens with one attached hydrogen (secondary N) is 1. The summed E-state index contributed by atoms with van der Waals surface area (Å²) in [5, 5.41) is 0. The predicted molar refractivity (Wildman–Crippen MR) is 81.3 cm³/mol. The summed E-state index contributed by atoms with van der Waals surface area (Å²) in [6.45, 7) is 3.85. The Labute approximate surface area is 118 Å². The molecule has 0 aliphatic carbocycles. The summed E-state index contributed by atoms with van der Waals surface area (Å²) in [5.41, 5.74) is 5.90. The second-order valence-corrected chi connectivity index (χ2v) is 4.91. The number of anilines is 4. The van der Waals surface area contributed by atoms with Gasteiger partial charge in [-0.2, -0.15) is 4.98 Å². The summed E-state index contributed by atoms with van der Waals surface area (Å²) >= 11 is 0. The monoisotopic (exact) mass is 270 g/mol. The molecule has 20 heavy (non-hydrogen) atoms. The number of hydrogen-bond donors (Lipinski definition) is 2. The highest BCUT2D eigenvalue weighted by Crippen LogP contribution is 2.37. The molecular weight excluding hydrogens is 252 g/mol. The summed E-state index contributed by atoms with van der Waals surface area (Å²) in [6.07, 6.45) is 1.79. The number of para-hydroxylation sites is 2. The number of hydrazine groups is 1. The second-order valence-electron chi connectivity index (χ2n) is 4.91. The highest BCUT2D eigenvalue weighted by atomic mass is 15.3. The van der Waals surface area contributed by atoms with E-state index in [4.69, 9.17) is 5.84 Å². The Morgan fingerprint density at radius 3 is 2.70 bits per heavy atom. The van der Waals surface area contributed by atoms with Crippen molar-refractivity contribution in [2.75, 3.05) is 35.4 Å². The van der Waals surface area contributed by atoms with Gasteiger partial charge in [0.15, 0.2) is 0 Å². The van der Waals surface area contributed by atoms with Crippen LogP contribution in [0, 0.1) is 6.92 Å². The maximum absolute atomic E-state index is 5.41. The number of nitrogen functional groups attached to an aromatic ring is 1. The van der Waals surface area contributed by atoms with Crippen LogP contribution >= 0.6 is 0 Å². The number of hydrogen-bond acceptors (Lipinski definition) is 6. The van der Waals surface area contributed by atoms with E-state index in [1.807, 2.05) is 13.0 Å². The van der Waals surface area contributed by atoms with Gasteiger partial charge in [-0.05, 0) is 19.1 Å². The van der Waals surface area contributed by atoms with Gasteiger partial charge >= 0.3 is 0 Å². The molecule has 1 aliphatic heterocycles. The molecule has 1 aliphatic rings. The van der Waals surface area contributed by atoms with Crippen molar-refractivity contribution < 1.29 is 0 Å². The molecule has 6 heteroatoms. The van der Waals surface area contributed by atoms with Crippen molar-refractivity contribution >= 4 is 23.1 Å². The van der Waals surface area contributed by atoms with Gasteiger partial charge in [-0.3, -0.25) is 5.43 Å². The lowest BCUT2D eigenvalue weighted by Crippen LogP contribution is -2.37. The van der Waals surface area contributed by atoms with Crippen LogP contribution in [-0.2, 0) is 0 Å². The lowest BCUT2D eigenvalue weighted by atomic mass is 10.1. The molecule has 0 bridgehead atoms. The number of nitrogens with two attached hydrogens (primary N) is 1. The van der Waals surface area contributed by atoms with Crippen LogP contribution in [0.3, 0.4) is 0 Å². The molecule has 1 aromatic heterocycles. The molecule has 104 valence electrons. The molecule has 0 fully saturated rings. The van der Waals surface area contributed by atoms with E-state index in [0.717, 1.165) is 30.2 Å². The largest absolute Gasteiger partial charge is 0.371 e. The smallest absolute Gasteiger partial charge is 0.239 e. The van der Waals surface area contributed by atoms with Crippen LogP contribution in [-0.4, -0.2) is 30.1 Å². The molecule has 0 amide bonds. The zero-order chi connectivity index (χ0) is 14.1. The molecule has 0 saturated carbocycles. The van der Waals surface area contributed by atoms with Crippen LogP contribution in [0.1, 0.15) is 5.56 Å². The SMILES string of the molecule is Cc1cnc(NN)nc1N1CCN(C)c2ccccc21. The van der Waals surface area contributed by atoms with E-state index >= 15 is 0 Å². The summed E-state index contributed by atoms with van der Waals surface area (Å²) in [5.74, 6) is 6.74. The van der Waals surface area contributed by atoms with Crippen molar-refractivity contribution in [2.24, 2.45) is 5.84 Å². The fraction of sp³-hybridized carbons (Fsp3) is 0.286. The Balaban J connectivity index is 2.10. The van der Waals surface area contributed by atoms with Gasteiger partial charge in [-0.15, -0.1) is 0 Å². The summed E-state index contributed by atoms with van der Waals surface area (Å²) in [6, 6.07) is 8.34. The number of nitrogens with zero attached hydrogens (tertiary/aromatic N) is 4. The first-order valence-corrected chi connectivity index (χ1v) is 6.58. The fourth-order valence-electron chi connectivity index (χ4n) is 2.50. The van der Waals surface area contributed by atoms with Crippen LogP contribution in [0.25, 0.3) is 0 Å². The van der Waals surface area contributed by atoms with Gasteiger partial charge in [0.25, 0.3) is 0 Å². The number of fused-ring (bicyclic) bond motifs is 1. The highest BCUT2D eigenvalue weighted by molar-refractivity contribution is 5.79. The molecule has 0 spiro atoms. The summed E-state index contributed by atoms with van der Waals surface area (Å²) < 4.78 is 0. The van der Waals surface area contributed by atoms with Gasteiger partial charge in [0.1, 0.15) is 5.82 Å². The van der Waals surface area contributed by atoms with Crippen LogP contribution in [0.2, 0.25) is 0 Å². The molecule has 3 N–H and O–H groups in total. The van der Waals surface area contributed by atoms with Crippen LogP contribution < -0.4 is 21.1 Å². The minimum atomic E-state index is 0.432. The Morgan fingerprint density at radius 1 is 1.20 bits per heavy atom. The van der Waals surface area contributed by atoms with Crippen molar-refractivity contribution in [3.05, 3.63) is 36.0 Å². The lowest BCUT2D eigenvalue weighted by molar-refractivity contribution is 0.808. The summed E-state index contributed by atoms with van der Waals surface area (Å²) in [4.78, 5) is 13.1. The van der Waals surface area contributed by atoms with Gasteiger partial charge < -0.3 is 9.80 Å². The van der Waals surface area contributed by atoms with E-state index in [1.54, 1.807) is 6.20 Å². The van der Waals surface area contributed by atoms with Crippen molar-refractivity contribution in [2.45, 2.75) is 6.92 Å². The average Bonchev–Trinajstić information content (AvgIpc) is 2.49. The van der Waals surface area contributed by atoms with Crippen LogP contribution in [0.15, 0.2) is 30.5 Å². The minimum absolute atomic E-state index is 0.432. The third-order valence-electron chi connectivity index (χ3n) is 3.57. The van der Waals surface area contributed by atoms with Gasteiger partial charge in [-0.25, -0.2) is 10.8 Å².